The van der Waals surface area contributed by atoms with E-state index in [9.17, 15) is 19.7 Å². The zero-order chi connectivity index (χ0) is 19.2. The monoisotopic (exact) mass is 368 g/mol. The third-order valence-corrected chi connectivity index (χ3v) is 4.44. The molecular weight excluding hydrogens is 348 g/mol. The molecule has 1 aliphatic heterocycles. The number of hydrogen-bond donors (Lipinski definition) is 2. The number of amides is 3. The zero-order valence-electron chi connectivity index (χ0n) is 14.7. The van der Waals surface area contributed by atoms with Gasteiger partial charge in [0, 0.05) is 32.1 Å². The first-order valence-corrected chi connectivity index (χ1v) is 8.67. The van der Waals surface area contributed by atoms with Crippen LogP contribution in [0.1, 0.15) is 24.0 Å². The highest BCUT2D eigenvalue weighted by molar-refractivity contribution is 5.91. The fourth-order valence-corrected chi connectivity index (χ4v) is 3.04. The van der Waals surface area contributed by atoms with Crippen molar-refractivity contribution in [2.24, 2.45) is 0 Å². The van der Waals surface area contributed by atoms with E-state index in [4.69, 9.17) is 0 Å². The number of rotatable bonds is 6. The van der Waals surface area contributed by atoms with Gasteiger partial charge in [-0.05, 0) is 23.6 Å². The Morgan fingerprint density at radius 2 is 1.81 bits per heavy atom. The highest BCUT2D eigenvalue weighted by Crippen LogP contribution is 2.23. The minimum Gasteiger partial charge on any atom is -0.338 e. The smallest absolute Gasteiger partial charge is 0.319 e. The molecule has 0 aromatic heterocycles. The average molecular weight is 368 g/mol. The molecule has 1 saturated heterocycles. The largest absolute Gasteiger partial charge is 0.338 e. The van der Waals surface area contributed by atoms with Gasteiger partial charge in [0.25, 0.3) is 5.69 Å². The van der Waals surface area contributed by atoms with E-state index in [2.05, 4.69) is 10.6 Å². The van der Waals surface area contributed by atoms with Crippen molar-refractivity contribution in [1.29, 1.82) is 0 Å². The number of hydrogen-bond acceptors (Lipinski definition) is 4. The Morgan fingerprint density at radius 3 is 2.52 bits per heavy atom. The van der Waals surface area contributed by atoms with Gasteiger partial charge in [0.2, 0.25) is 5.91 Å². The second-order valence-electron chi connectivity index (χ2n) is 6.27. The summed E-state index contributed by atoms with van der Waals surface area (Å²) in [6.07, 6.45) is 1.45. The van der Waals surface area contributed by atoms with Gasteiger partial charge < -0.3 is 15.5 Å². The summed E-state index contributed by atoms with van der Waals surface area (Å²) in [7, 11) is 0. The van der Waals surface area contributed by atoms with Gasteiger partial charge in [-0.15, -0.1) is 0 Å². The summed E-state index contributed by atoms with van der Waals surface area (Å²) in [5.41, 5.74) is 1.84. The van der Waals surface area contributed by atoms with Crippen LogP contribution in [0.15, 0.2) is 48.5 Å². The van der Waals surface area contributed by atoms with Crippen molar-refractivity contribution in [3.05, 3.63) is 69.8 Å². The van der Waals surface area contributed by atoms with Crippen LogP contribution in [-0.4, -0.2) is 28.3 Å². The van der Waals surface area contributed by atoms with Gasteiger partial charge in [-0.1, -0.05) is 36.4 Å². The van der Waals surface area contributed by atoms with Crippen LogP contribution in [0, 0.1) is 10.1 Å². The van der Waals surface area contributed by atoms with Crippen molar-refractivity contribution in [3.63, 3.8) is 0 Å². The van der Waals surface area contributed by atoms with Crippen LogP contribution in [0.2, 0.25) is 0 Å². The molecule has 0 aliphatic carbocycles. The lowest BCUT2D eigenvalue weighted by Crippen LogP contribution is -2.30. The lowest BCUT2D eigenvalue weighted by molar-refractivity contribution is -0.383. The molecule has 0 radical (unpaired) electrons. The van der Waals surface area contributed by atoms with E-state index < -0.39 is 11.0 Å². The van der Waals surface area contributed by atoms with Gasteiger partial charge in [0.05, 0.1) is 4.92 Å². The normalized spacial score (nSPS) is 13.5. The average Bonchev–Trinajstić information content (AvgIpc) is 3.06. The molecular formula is C19H20N4O4. The number of nitrogens with one attached hydrogen (secondary N) is 2. The molecule has 1 aliphatic rings. The van der Waals surface area contributed by atoms with Gasteiger partial charge in [-0.25, -0.2) is 4.79 Å². The lowest BCUT2D eigenvalue weighted by atomic mass is 10.1. The molecule has 140 valence electrons. The quantitative estimate of drug-likeness (QED) is 0.604. The van der Waals surface area contributed by atoms with Crippen LogP contribution < -0.4 is 10.6 Å². The number of nitro benzene ring substituents is 1. The fourth-order valence-electron chi connectivity index (χ4n) is 3.04. The molecule has 8 heteroatoms. The Balaban J connectivity index is 1.63. The Hall–Kier alpha value is -3.42. The minimum absolute atomic E-state index is 0.135. The van der Waals surface area contributed by atoms with Crippen LogP contribution in [0.5, 0.6) is 0 Å². The molecule has 3 rings (SSSR count). The molecule has 8 nitrogen and oxygen atoms in total. The second kappa shape index (κ2) is 8.31. The van der Waals surface area contributed by atoms with Crippen molar-refractivity contribution in [1.82, 2.24) is 10.2 Å². The van der Waals surface area contributed by atoms with Crippen molar-refractivity contribution >= 4 is 23.3 Å². The molecule has 0 atom stereocenters. The maximum atomic E-state index is 12.2. The van der Waals surface area contributed by atoms with Crippen LogP contribution in [0.25, 0.3) is 0 Å². The molecule has 2 aromatic rings. The minimum atomic E-state index is -0.544. The van der Waals surface area contributed by atoms with E-state index in [1.807, 2.05) is 29.2 Å². The molecule has 1 fully saturated rings. The number of carbonyl (C=O) groups excluding carboxylic acids is 2. The summed E-state index contributed by atoms with van der Waals surface area (Å²) in [6, 6.07) is 13.0. The summed E-state index contributed by atoms with van der Waals surface area (Å²) in [5, 5.41) is 16.2. The lowest BCUT2D eigenvalue weighted by Gasteiger charge is -2.18. The number of carbonyl (C=O) groups is 2. The molecule has 1 heterocycles. The van der Waals surface area contributed by atoms with E-state index in [1.54, 1.807) is 6.07 Å². The molecule has 3 amide bonds. The van der Waals surface area contributed by atoms with E-state index in [-0.39, 0.29) is 23.8 Å². The van der Waals surface area contributed by atoms with Gasteiger partial charge in [-0.3, -0.25) is 14.9 Å². The van der Waals surface area contributed by atoms with Crippen LogP contribution in [0.4, 0.5) is 16.2 Å². The fraction of sp³-hybridized carbons (Fsp3) is 0.263. The number of benzene rings is 2. The third kappa shape index (κ3) is 4.60. The molecule has 0 spiro atoms. The van der Waals surface area contributed by atoms with Crippen molar-refractivity contribution in [2.45, 2.75) is 25.9 Å². The Kier molecular flexibility index (Phi) is 5.65. The zero-order valence-corrected chi connectivity index (χ0v) is 14.7. The maximum Gasteiger partial charge on any atom is 0.319 e. The number of nitrogens with zero attached hydrogens (tertiary/aromatic N) is 2. The van der Waals surface area contributed by atoms with Crippen molar-refractivity contribution < 1.29 is 14.5 Å². The van der Waals surface area contributed by atoms with Gasteiger partial charge in [0.15, 0.2) is 0 Å². The number of anilines is 1. The highest BCUT2D eigenvalue weighted by atomic mass is 16.6. The predicted molar refractivity (Wildman–Crippen MR) is 100 cm³/mol. The molecule has 0 bridgehead atoms. The van der Waals surface area contributed by atoms with E-state index in [0.29, 0.717) is 13.0 Å². The summed E-state index contributed by atoms with van der Waals surface area (Å²) in [5.74, 6) is 0.145. The second-order valence-corrected chi connectivity index (χ2v) is 6.27. The van der Waals surface area contributed by atoms with Crippen LogP contribution in [-0.2, 0) is 17.9 Å². The number of urea groups is 1. The number of nitro groups is 1. The number of para-hydroxylation sites is 2. The van der Waals surface area contributed by atoms with Crippen LogP contribution >= 0.6 is 0 Å². The summed E-state index contributed by atoms with van der Waals surface area (Å²) >= 11 is 0. The molecule has 0 unspecified atom stereocenters. The summed E-state index contributed by atoms with van der Waals surface area (Å²) in [4.78, 5) is 36.3. The highest BCUT2D eigenvalue weighted by Gasteiger charge is 2.21. The first-order valence-electron chi connectivity index (χ1n) is 8.67. The van der Waals surface area contributed by atoms with E-state index >= 15 is 0 Å². The van der Waals surface area contributed by atoms with Crippen molar-refractivity contribution in [2.75, 3.05) is 11.9 Å². The van der Waals surface area contributed by atoms with E-state index in [0.717, 1.165) is 24.1 Å². The maximum absolute atomic E-state index is 12.2. The summed E-state index contributed by atoms with van der Waals surface area (Å²) < 4.78 is 0. The molecule has 0 saturated carbocycles. The van der Waals surface area contributed by atoms with Gasteiger partial charge >= 0.3 is 6.03 Å². The topological polar surface area (TPSA) is 105 Å². The Morgan fingerprint density at radius 1 is 1.11 bits per heavy atom. The number of likely N-dealkylation sites (tertiary alicyclic amines) is 1. The first kappa shape index (κ1) is 18.4. The van der Waals surface area contributed by atoms with Gasteiger partial charge in [-0.2, -0.15) is 0 Å². The summed E-state index contributed by atoms with van der Waals surface area (Å²) in [6.45, 7) is 1.52. The van der Waals surface area contributed by atoms with Gasteiger partial charge in [0.1, 0.15) is 5.69 Å². The third-order valence-electron chi connectivity index (χ3n) is 4.44. The first-order chi connectivity index (χ1) is 13.0. The molecule has 2 N–H and O–H groups in total. The predicted octanol–water partition coefficient (Wildman–Crippen LogP) is 3.04. The molecule has 2 aromatic carbocycles. The Bertz CT molecular complexity index is 868. The van der Waals surface area contributed by atoms with E-state index in [1.165, 1.54) is 18.2 Å². The van der Waals surface area contributed by atoms with Crippen LogP contribution in [0.3, 0.4) is 0 Å². The Labute approximate surface area is 156 Å². The standard InChI is InChI=1S/C19H20N4O4/c24-18-10-5-11-22(18)13-15-7-2-1-6-14(15)12-20-19(25)21-16-8-3-4-9-17(16)23(26)27/h1-4,6-9H,5,10-13H2,(H2,20,21,25). The molecule has 27 heavy (non-hydrogen) atoms. The SMILES string of the molecule is O=C(NCc1ccccc1CN1CCCC1=O)Nc1ccccc1[N+](=O)[O-]. The van der Waals surface area contributed by atoms with Crippen molar-refractivity contribution in [3.8, 4) is 0 Å².